The molecule has 1 atom stereocenters. The van der Waals surface area contributed by atoms with E-state index in [9.17, 15) is 19.5 Å². The van der Waals surface area contributed by atoms with E-state index in [1.165, 1.54) is 11.1 Å². The minimum absolute atomic E-state index is 0.00280. The van der Waals surface area contributed by atoms with E-state index in [0.717, 1.165) is 11.1 Å². The van der Waals surface area contributed by atoms with Gasteiger partial charge in [-0.3, -0.25) is 4.79 Å². The van der Waals surface area contributed by atoms with Crippen LogP contribution in [0.25, 0.3) is 11.1 Å². The monoisotopic (exact) mass is 450 g/mol. The molecule has 1 unspecified atom stereocenters. The topological polar surface area (TPSA) is 105 Å². The molecule has 0 spiro atoms. The largest absolute Gasteiger partial charge is 0.480 e. The van der Waals surface area contributed by atoms with Crippen LogP contribution in [0.15, 0.2) is 48.5 Å². The van der Waals surface area contributed by atoms with E-state index in [2.05, 4.69) is 34.9 Å². The summed E-state index contributed by atoms with van der Waals surface area (Å²) in [5, 5.41) is 14.7. The van der Waals surface area contributed by atoms with Gasteiger partial charge in [0.05, 0.1) is 0 Å². The Morgan fingerprint density at radius 3 is 2.12 bits per heavy atom. The van der Waals surface area contributed by atoms with Gasteiger partial charge >= 0.3 is 12.1 Å². The van der Waals surface area contributed by atoms with Crippen molar-refractivity contribution in [1.29, 1.82) is 0 Å². The van der Waals surface area contributed by atoms with Crippen LogP contribution in [0.3, 0.4) is 0 Å². The highest BCUT2D eigenvalue weighted by Gasteiger charge is 2.37. The SMILES string of the molecule is CC(C)CC(NC(=O)C1CC(NC(=O)OCC2c3ccccc3-c3ccccc32)C1)C(=O)O. The molecule has 0 aliphatic heterocycles. The van der Waals surface area contributed by atoms with E-state index in [1.54, 1.807) is 0 Å². The minimum atomic E-state index is -1.02. The summed E-state index contributed by atoms with van der Waals surface area (Å²) in [6.45, 7) is 4.07. The van der Waals surface area contributed by atoms with Gasteiger partial charge in [0.15, 0.2) is 0 Å². The number of nitrogens with one attached hydrogen (secondary N) is 2. The Balaban J connectivity index is 1.25. The van der Waals surface area contributed by atoms with Gasteiger partial charge in [-0.25, -0.2) is 9.59 Å². The third-order valence-corrected chi connectivity index (χ3v) is 6.50. The lowest BCUT2D eigenvalue weighted by atomic mass is 9.79. The normalized spacial score (nSPS) is 19.7. The van der Waals surface area contributed by atoms with E-state index < -0.39 is 18.1 Å². The number of hydrogen-bond acceptors (Lipinski definition) is 4. The molecule has 2 aromatic carbocycles. The predicted octanol–water partition coefficient (Wildman–Crippen LogP) is 3.92. The quantitative estimate of drug-likeness (QED) is 0.565. The molecule has 174 valence electrons. The first-order chi connectivity index (χ1) is 15.8. The van der Waals surface area contributed by atoms with Crippen LogP contribution in [0.2, 0.25) is 0 Å². The third-order valence-electron chi connectivity index (χ3n) is 6.50. The fraction of sp³-hybridized carbons (Fsp3) is 0.423. The van der Waals surface area contributed by atoms with Crippen molar-refractivity contribution in [2.45, 2.75) is 51.1 Å². The number of alkyl carbamates (subject to hydrolysis) is 1. The van der Waals surface area contributed by atoms with Crippen molar-refractivity contribution < 1.29 is 24.2 Å². The Labute approximate surface area is 193 Å². The molecule has 0 saturated heterocycles. The van der Waals surface area contributed by atoms with Gasteiger partial charge in [-0.05, 0) is 47.4 Å². The van der Waals surface area contributed by atoms with Crippen LogP contribution in [0.1, 0.15) is 50.2 Å². The summed E-state index contributed by atoms with van der Waals surface area (Å²) in [4.78, 5) is 36.1. The number of amides is 2. The van der Waals surface area contributed by atoms with Crippen molar-refractivity contribution in [3.63, 3.8) is 0 Å². The lowest BCUT2D eigenvalue weighted by Crippen LogP contribution is -2.52. The van der Waals surface area contributed by atoms with Crippen molar-refractivity contribution in [3.05, 3.63) is 59.7 Å². The molecule has 3 N–H and O–H groups in total. The molecule has 33 heavy (non-hydrogen) atoms. The smallest absolute Gasteiger partial charge is 0.407 e. The highest BCUT2D eigenvalue weighted by atomic mass is 16.5. The molecule has 2 aromatic rings. The standard InChI is InChI=1S/C26H30N2O5/c1-15(2)11-23(25(30)31)28-24(29)16-12-17(13-16)27-26(32)33-14-22-20-9-5-3-7-18(20)19-8-4-6-10-21(19)22/h3-10,15-17,22-23H,11-14H2,1-2H3,(H,27,32)(H,28,29)(H,30,31). The lowest BCUT2D eigenvalue weighted by molar-refractivity contribution is -0.143. The zero-order valence-corrected chi connectivity index (χ0v) is 18.9. The number of carbonyl (C=O) groups excluding carboxylic acids is 2. The number of aliphatic carboxylic acids is 1. The van der Waals surface area contributed by atoms with E-state index in [-0.39, 0.29) is 36.3 Å². The average Bonchev–Trinajstić information content (AvgIpc) is 3.07. The van der Waals surface area contributed by atoms with Crippen LogP contribution < -0.4 is 10.6 Å². The minimum Gasteiger partial charge on any atom is -0.480 e. The third kappa shape index (κ3) is 5.02. The first kappa shape index (κ1) is 22.8. The second kappa shape index (κ2) is 9.65. The van der Waals surface area contributed by atoms with E-state index in [0.29, 0.717) is 19.3 Å². The number of hydrogen-bond donors (Lipinski definition) is 3. The second-order valence-electron chi connectivity index (χ2n) is 9.36. The maximum absolute atomic E-state index is 12.4. The molecule has 1 fully saturated rings. The predicted molar refractivity (Wildman–Crippen MR) is 124 cm³/mol. The van der Waals surface area contributed by atoms with E-state index in [1.807, 2.05) is 38.1 Å². The Bertz CT molecular complexity index is 999. The van der Waals surface area contributed by atoms with Crippen LogP contribution in [0, 0.1) is 11.8 Å². The van der Waals surface area contributed by atoms with Gasteiger partial charge in [-0.1, -0.05) is 62.4 Å². The summed E-state index contributed by atoms with van der Waals surface area (Å²) >= 11 is 0. The summed E-state index contributed by atoms with van der Waals surface area (Å²) in [5.41, 5.74) is 4.65. The molecular weight excluding hydrogens is 420 g/mol. The Morgan fingerprint density at radius 1 is 1.00 bits per heavy atom. The van der Waals surface area contributed by atoms with Gasteiger partial charge in [-0.15, -0.1) is 0 Å². The zero-order chi connectivity index (χ0) is 23.5. The van der Waals surface area contributed by atoms with Crippen molar-refractivity contribution >= 4 is 18.0 Å². The molecule has 4 rings (SSSR count). The number of ether oxygens (including phenoxy) is 1. The molecule has 0 heterocycles. The molecule has 0 aromatic heterocycles. The lowest BCUT2D eigenvalue weighted by Gasteiger charge is -2.35. The Morgan fingerprint density at radius 2 is 1.58 bits per heavy atom. The first-order valence-corrected chi connectivity index (χ1v) is 11.5. The summed E-state index contributed by atoms with van der Waals surface area (Å²) in [7, 11) is 0. The van der Waals surface area contributed by atoms with Crippen LogP contribution in [-0.4, -0.2) is 41.8 Å². The Kier molecular flexibility index (Phi) is 6.67. The van der Waals surface area contributed by atoms with E-state index >= 15 is 0 Å². The second-order valence-corrected chi connectivity index (χ2v) is 9.36. The molecule has 2 aliphatic carbocycles. The summed E-state index contributed by atoms with van der Waals surface area (Å²) < 4.78 is 5.55. The number of fused-ring (bicyclic) bond motifs is 3. The molecule has 0 radical (unpaired) electrons. The maximum Gasteiger partial charge on any atom is 0.407 e. The highest BCUT2D eigenvalue weighted by Crippen LogP contribution is 2.44. The van der Waals surface area contributed by atoms with Crippen molar-refractivity contribution in [2.75, 3.05) is 6.61 Å². The fourth-order valence-electron chi connectivity index (χ4n) is 4.74. The van der Waals surface area contributed by atoms with Gasteiger partial charge < -0.3 is 20.5 Å². The van der Waals surface area contributed by atoms with Gasteiger partial charge in [-0.2, -0.15) is 0 Å². The molecule has 7 heteroatoms. The number of rotatable bonds is 8. The number of carboxylic acids is 1. The molecule has 1 saturated carbocycles. The fourth-order valence-corrected chi connectivity index (χ4v) is 4.74. The summed E-state index contributed by atoms with van der Waals surface area (Å²) in [6.07, 6.45) is 0.840. The summed E-state index contributed by atoms with van der Waals surface area (Å²) in [6, 6.07) is 15.3. The zero-order valence-electron chi connectivity index (χ0n) is 18.9. The molecule has 2 aliphatic rings. The maximum atomic E-state index is 12.4. The van der Waals surface area contributed by atoms with Crippen molar-refractivity contribution in [2.24, 2.45) is 11.8 Å². The first-order valence-electron chi connectivity index (χ1n) is 11.5. The number of carboxylic acid groups (broad SMARTS) is 1. The van der Waals surface area contributed by atoms with Crippen molar-refractivity contribution in [3.8, 4) is 11.1 Å². The molecule has 0 bridgehead atoms. The van der Waals surface area contributed by atoms with Gasteiger partial charge in [0, 0.05) is 17.9 Å². The van der Waals surface area contributed by atoms with E-state index in [4.69, 9.17) is 4.74 Å². The summed E-state index contributed by atoms with van der Waals surface area (Å²) in [5.74, 6) is -1.43. The van der Waals surface area contributed by atoms with Gasteiger partial charge in [0.1, 0.15) is 12.6 Å². The van der Waals surface area contributed by atoms with Gasteiger partial charge in [0.2, 0.25) is 5.91 Å². The average molecular weight is 451 g/mol. The number of carbonyl (C=O) groups is 3. The Hall–Kier alpha value is -3.35. The van der Waals surface area contributed by atoms with Crippen molar-refractivity contribution in [1.82, 2.24) is 10.6 Å². The molecule has 2 amide bonds. The van der Waals surface area contributed by atoms with Crippen LogP contribution in [-0.2, 0) is 14.3 Å². The molecular formula is C26H30N2O5. The number of benzene rings is 2. The van der Waals surface area contributed by atoms with Crippen LogP contribution in [0.4, 0.5) is 4.79 Å². The van der Waals surface area contributed by atoms with Gasteiger partial charge in [0.25, 0.3) is 0 Å². The van der Waals surface area contributed by atoms with Crippen LogP contribution in [0.5, 0.6) is 0 Å². The highest BCUT2D eigenvalue weighted by molar-refractivity contribution is 5.86. The molecule has 7 nitrogen and oxygen atoms in total. The van der Waals surface area contributed by atoms with Crippen LogP contribution >= 0.6 is 0 Å².